The summed E-state index contributed by atoms with van der Waals surface area (Å²) in [6, 6.07) is 10.5. The number of anilines is 2. The molecule has 0 atom stereocenters. The molecule has 0 radical (unpaired) electrons. The molecule has 2 aromatic heterocycles. The van der Waals surface area contributed by atoms with Crippen molar-refractivity contribution in [1.82, 2.24) is 24.4 Å². The summed E-state index contributed by atoms with van der Waals surface area (Å²) in [5.74, 6) is 1.92. The van der Waals surface area contributed by atoms with Gasteiger partial charge in [0.25, 0.3) is 0 Å². The van der Waals surface area contributed by atoms with Gasteiger partial charge in [-0.3, -0.25) is 4.90 Å². The van der Waals surface area contributed by atoms with Crippen molar-refractivity contribution >= 4 is 17.8 Å². The molecule has 3 fully saturated rings. The van der Waals surface area contributed by atoms with Crippen LogP contribution in [-0.4, -0.2) is 50.6 Å². The Hall–Kier alpha value is -3.42. The molecule has 3 heterocycles. The van der Waals surface area contributed by atoms with Crippen molar-refractivity contribution in [2.45, 2.75) is 37.1 Å². The van der Waals surface area contributed by atoms with Gasteiger partial charge in [0.1, 0.15) is 5.82 Å². The largest absolute Gasteiger partial charge is 0.343 e. The van der Waals surface area contributed by atoms with Crippen LogP contribution in [0.3, 0.4) is 0 Å². The Morgan fingerprint density at radius 2 is 1.87 bits per heavy atom. The van der Waals surface area contributed by atoms with Gasteiger partial charge in [0.15, 0.2) is 0 Å². The van der Waals surface area contributed by atoms with E-state index < -0.39 is 0 Å². The Morgan fingerprint density at radius 1 is 1.06 bits per heavy atom. The van der Waals surface area contributed by atoms with Gasteiger partial charge < -0.3 is 14.8 Å². The molecular formula is C23H25N7O. The SMILES string of the molecule is CN1CCN(c2ccnc(NC3(c4cn(-c5ccc(C6CC6)cc5)cn4)CC3)n2)C1=O. The summed E-state index contributed by atoms with van der Waals surface area (Å²) < 4.78 is 2.07. The molecular weight excluding hydrogens is 390 g/mol. The van der Waals surface area contributed by atoms with E-state index in [1.807, 2.05) is 6.33 Å². The number of nitrogens with one attached hydrogen (secondary N) is 1. The molecule has 1 N–H and O–H groups in total. The second-order valence-corrected chi connectivity index (χ2v) is 8.83. The van der Waals surface area contributed by atoms with E-state index in [2.05, 4.69) is 55.3 Å². The molecule has 1 saturated heterocycles. The first kappa shape index (κ1) is 18.4. The fourth-order valence-electron chi connectivity index (χ4n) is 4.25. The van der Waals surface area contributed by atoms with Crippen LogP contribution >= 0.6 is 0 Å². The molecule has 1 aliphatic heterocycles. The monoisotopic (exact) mass is 415 g/mol. The fraction of sp³-hybridized carbons (Fsp3) is 0.391. The standard InChI is InChI=1S/C23H25N7O/c1-28-12-13-30(22(28)31)20-8-11-24-21(26-20)27-23(9-10-23)19-14-29(15-25-19)18-6-4-17(5-7-18)16-2-3-16/h4-8,11,14-16H,2-3,9-10,12-13H2,1H3,(H,24,26,27). The Bertz CT molecular complexity index is 1130. The summed E-state index contributed by atoms with van der Waals surface area (Å²) in [7, 11) is 1.80. The van der Waals surface area contributed by atoms with Crippen LogP contribution in [0.2, 0.25) is 0 Å². The first-order valence-corrected chi connectivity index (χ1v) is 10.9. The normalized spacial score (nSPS) is 19.7. The molecule has 0 unspecified atom stereocenters. The number of nitrogens with zero attached hydrogens (tertiary/aromatic N) is 6. The third kappa shape index (κ3) is 3.32. The van der Waals surface area contributed by atoms with Crippen molar-refractivity contribution in [3.8, 4) is 5.69 Å². The van der Waals surface area contributed by atoms with Crippen LogP contribution in [0, 0.1) is 0 Å². The number of hydrogen-bond acceptors (Lipinski definition) is 5. The van der Waals surface area contributed by atoms with Crippen LogP contribution in [0.15, 0.2) is 49.1 Å². The number of carbonyl (C=O) groups excluding carboxylic acids is 1. The maximum absolute atomic E-state index is 12.3. The molecule has 3 aliphatic rings. The highest BCUT2D eigenvalue weighted by molar-refractivity contribution is 5.93. The Kier molecular flexibility index (Phi) is 4.03. The van der Waals surface area contributed by atoms with E-state index in [0.717, 1.165) is 30.1 Å². The van der Waals surface area contributed by atoms with Gasteiger partial charge in [-0.1, -0.05) is 12.1 Å². The molecule has 2 amide bonds. The maximum atomic E-state index is 12.3. The van der Waals surface area contributed by atoms with E-state index >= 15 is 0 Å². The maximum Gasteiger partial charge on any atom is 0.325 e. The zero-order valence-corrected chi connectivity index (χ0v) is 17.5. The number of benzene rings is 1. The van der Waals surface area contributed by atoms with Gasteiger partial charge >= 0.3 is 6.03 Å². The van der Waals surface area contributed by atoms with Crippen molar-refractivity contribution in [2.75, 3.05) is 30.4 Å². The third-order valence-electron chi connectivity index (χ3n) is 6.55. The van der Waals surface area contributed by atoms with Gasteiger partial charge in [0.2, 0.25) is 5.95 Å². The lowest BCUT2D eigenvalue weighted by atomic mass is 10.1. The van der Waals surface area contributed by atoms with Crippen molar-refractivity contribution < 1.29 is 4.79 Å². The van der Waals surface area contributed by atoms with Crippen LogP contribution in [0.25, 0.3) is 5.69 Å². The minimum Gasteiger partial charge on any atom is -0.343 e. The lowest BCUT2D eigenvalue weighted by molar-refractivity contribution is 0.229. The highest BCUT2D eigenvalue weighted by atomic mass is 16.2. The molecule has 3 aromatic rings. The van der Waals surface area contributed by atoms with E-state index in [1.54, 1.807) is 29.1 Å². The number of hydrogen-bond donors (Lipinski definition) is 1. The molecule has 2 saturated carbocycles. The highest BCUT2D eigenvalue weighted by Crippen LogP contribution is 2.47. The lowest BCUT2D eigenvalue weighted by Gasteiger charge is -2.18. The number of carbonyl (C=O) groups is 1. The number of imidazole rings is 1. The molecule has 158 valence electrons. The summed E-state index contributed by atoms with van der Waals surface area (Å²) in [5, 5.41) is 3.48. The number of rotatable bonds is 6. The number of amides is 2. The fourth-order valence-corrected chi connectivity index (χ4v) is 4.25. The topological polar surface area (TPSA) is 79.2 Å². The minimum atomic E-state index is -0.246. The van der Waals surface area contributed by atoms with Crippen molar-refractivity contribution in [2.24, 2.45) is 0 Å². The van der Waals surface area contributed by atoms with E-state index in [1.165, 1.54) is 18.4 Å². The van der Waals surface area contributed by atoms with Gasteiger partial charge in [0, 0.05) is 38.2 Å². The minimum absolute atomic E-state index is 0.0303. The predicted octanol–water partition coefficient (Wildman–Crippen LogP) is 3.51. The predicted molar refractivity (Wildman–Crippen MR) is 117 cm³/mol. The quantitative estimate of drug-likeness (QED) is 0.666. The molecule has 0 bridgehead atoms. The van der Waals surface area contributed by atoms with Gasteiger partial charge in [-0.2, -0.15) is 4.98 Å². The van der Waals surface area contributed by atoms with Gasteiger partial charge in [-0.05, 0) is 55.4 Å². The molecule has 6 rings (SSSR count). The summed E-state index contributed by atoms with van der Waals surface area (Å²) in [6.45, 7) is 1.34. The Balaban J connectivity index is 1.21. The number of aromatic nitrogens is 4. The van der Waals surface area contributed by atoms with E-state index in [4.69, 9.17) is 0 Å². The van der Waals surface area contributed by atoms with Crippen molar-refractivity contribution in [3.05, 3.63) is 60.3 Å². The highest BCUT2D eigenvalue weighted by Gasteiger charge is 2.47. The first-order valence-electron chi connectivity index (χ1n) is 10.9. The van der Waals surface area contributed by atoms with Crippen LogP contribution in [0.4, 0.5) is 16.6 Å². The van der Waals surface area contributed by atoms with Crippen LogP contribution < -0.4 is 10.2 Å². The van der Waals surface area contributed by atoms with Crippen molar-refractivity contribution in [3.63, 3.8) is 0 Å². The van der Waals surface area contributed by atoms with Gasteiger partial charge in [0.05, 0.1) is 17.6 Å². The smallest absolute Gasteiger partial charge is 0.325 e. The average Bonchev–Trinajstić information content (AvgIpc) is 3.71. The zero-order valence-electron chi connectivity index (χ0n) is 17.5. The molecule has 2 aliphatic carbocycles. The lowest BCUT2D eigenvalue weighted by Crippen LogP contribution is -2.30. The van der Waals surface area contributed by atoms with Crippen molar-refractivity contribution in [1.29, 1.82) is 0 Å². The molecule has 0 spiro atoms. The molecule has 8 heteroatoms. The second-order valence-electron chi connectivity index (χ2n) is 8.83. The van der Waals surface area contributed by atoms with Gasteiger partial charge in [-0.15, -0.1) is 0 Å². The summed E-state index contributed by atoms with van der Waals surface area (Å²) in [6.07, 6.45) is 10.2. The zero-order chi connectivity index (χ0) is 21.0. The van der Waals surface area contributed by atoms with Crippen LogP contribution in [-0.2, 0) is 5.54 Å². The van der Waals surface area contributed by atoms with Crippen LogP contribution in [0.5, 0.6) is 0 Å². The van der Waals surface area contributed by atoms with E-state index in [-0.39, 0.29) is 11.6 Å². The van der Waals surface area contributed by atoms with E-state index in [0.29, 0.717) is 24.9 Å². The average molecular weight is 416 g/mol. The third-order valence-corrected chi connectivity index (χ3v) is 6.55. The van der Waals surface area contributed by atoms with Crippen LogP contribution in [0.1, 0.15) is 42.9 Å². The summed E-state index contributed by atoms with van der Waals surface area (Å²) in [4.78, 5) is 29.4. The Labute approximate surface area is 180 Å². The number of likely N-dealkylation sites (N-methyl/N-ethyl adjacent to an activating group) is 1. The number of urea groups is 1. The first-order chi connectivity index (χ1) is 15.1. The summed E-state index contributed by atoms with van der Waals surface area (Å²) >= 11 is 0. The van der Waals surface area contributed by atoms with E-state index in [9.17, 15) is 4.79 Å². The summed E-state index contributed by atoms with van der Waals surface area (Å²) in [5.41, 5.74) is 3.30. The molecule has 8 nitrogen and oxygen atoms in total. The second kappa shape index (κ2) is 6.80. The van der Waals surface area contributed by atoms with Gasteiger partial charge in [-0.25, -0.2) is 14.8 Å². The Morgan fingerprint density at radius 3 is 2.55 bits per heavy atom. The molecule has 31 heavy (non-hydrogen) atoms. The molecule has 1 aromatic carbocycles.